The van der Waals surface area contributed by atoms with Crippen LogP contribution in [0.1, 0.15) is 24.0 Å². The molecule has 1 aromatic carbocycles. The average Bonchev–Trinajstić information content (AvgIpc) is 2.52. The third-order valence-electron chi connectivity index (χ3n) is 3.88. The SMILES string of the molecule is O=C(O)C1CCN(C(=O)NCc2ccccc2C(F)(F)F)CC1. The molecular formula is C15H17F3N2O3. The van der Waals surface area contributed by atoms with Gasteiger partial charge in [-0.25, -0.2) is 4.79 Å². The van der Waals surface area contributed by atoms with E-state index in [4.69, 9.17) is 5.11 Å². The van der Waals surface area contributed by atoms with Crippen molar-refractivity contribution in [1.82, 2.24) is 10.2 Å². The molecule has 2 N–H and O–H groups in total. The minimum Gasteiger partial charge on any atom is -0.481 e. The molecule has 2 amide bonds. The Kier molecular flexibility index (Phi) is 5.12. The molecule has 1 saturated heterocycles. The number of hydrogen-bond donors (Lipinski definition) is 2. The van der Waals surface area contributed by atoms with Crippen molar-refractivity contribution in [2.45, 2.75) is 25.6 Å². The number of amides is 2. The van der Waals surface area contributed by atoms with Crippen LogP contribution < -0.4 is 5.32 Å². The van der Waals surface area contributed by atoms with Gasteiger partial charge in [0.2, 0.25) is 0 Å². The quantitative estimate of drug-likeness (QED) is 0.895. The topological polar surface area (TPSA) is 69.6 Å². The fraction of sp³-hybridized carbons (Fsp3) is 0.467. The van der Waals surface area contributed by atoms with Crippen molar-refractivity contribution < 1.29 is 27.9 Å². The minimum atomic E-state index is -4.47. The largest absolute Gasteiger partial charge is 0.481 e. The van der Waals surface area contributed by atoms with Crippen molar-refractivity contribution in [2.75, 3.05) is 13.1 Å². The summed E-state index contributed by atoms with van der Waals surface area (Å²) in [6.45, 7) is 0.334. The maximum Gasteiger partial charge on any atom is 0.416 e. The number of nitrogens with one attached hydrogen (secondary N) is 1. The van der Waals surface area contributed by atoms with Gasteiger partial charge in [0, 0.05) is 19.6 Å². The van der Waals surface area contributed by atoms with Gasteiger partial charge in [0.05, 0.1) is 11.5 Å². The van der Waals surface area contributed by atoms with Gasteiger partial charge in [-0.2, -0.15) is 13.2 Å². The Morgan fingerprint density at radius 1 is 1.22 bits per heavy atom. The number of piperidine rings is 1. The average molecular weight is 330 g/mol. The van der Waals surface area contributed by atoms with Gasteiger partial charge in [0.25, 0.3) is 0 Å². The molecule has 1 aliphatic heterocycles. The second kappa shape index (κ2) is 6.89. The summed E-state index contributed by atoms with van der Waals surface area (Å²) in [6, 6.07) is 4.59. The molecule has 0 unspecified atom stereocenters. The molecule has 1 fully saturated rings. The summed E-state index contributed by atoms with van der Waals surface area (Å²) in [5, 5.41) is 11.4. The lowest BCUT2D eigenvalue weighted by atomic mass is 9.97. The van der Waals surface area contributed by atoms with Crippen molar-refractivity contribution in [3.05, 3.63) is 35.4 Å². The molecule has 126 valence electrons. The number of alkyl halides is 3. The van der Waals surface area contributed by atoms with E-state index in [-0.39, 0.29) is 25.2 Å². The highest BCUT2D eigenvalue weighted by Gasteiger charge is 2.33. The van der Waals surface area contributed by atoms with Crippen molar-refractivity contribution in [1.29, 1.82) is 0 Å². The third kappa shape index (κ3) is 4.37. The van der Waals surface area contributed by atoms with E-state index in [0.717, 1.165) is 6.07 Å². The number of halogens is 3. The van der Waals surface area contributed by atoms with Crippen LogP contribution >= 0.6 is 0 Å². The van der Waals surface area contributed by atoms with E-state index in [1.54, 1.807) is 0 Å². The van der Waals surface area contributed by atoms with E-state index in [2.05, 4.69) is 5.32 Å². The Labute approximate surface area is 131 Å². The Morgan fingerprint density at radius 2 is 1.83 bits per heavy atom. The number of aliphatic carboxylic acids is 1. The van der Waals surface area contributed by atoms with Gasteiger partial charge in [0.1, 0.15) is 0 Å². The van der Waals surface area contributed by atoms with Gasteiger partial charge < -0.3 is 15.3 Å². The molecule has 0 aliphatic carbocycles. The molecule has 8 heteroatoms. The first-order valence-corrected chi connectivity index (χ1v) is 7.19. The summed E-state index contributed by atoms with van der Waals surface area (Å²) in [4.78, 5) is 24.3. The Balaban J connectivity index is 1.92. The standard InChI is InChI=1S/C15H17F3N2O3/c16-15(17,18)12-4-2-1-3-11(12)9-19-14(23)20-7-5-10(6-8-20)13(21)22/h1-4,10H,5-9H2,(H,19,23)(H,21,22). The van der Waals surface area contributed by atoms with Gasteiger partial charge in [-0.3, -0.25) is 4.79 Å². The van der Waals surface area contributed by atoms with Gasteiger partial charge in [0.15, 0.2) is 0 Å². The molecule has 23 heavy (non-hydrogen) atoms. The molecule has 0 saturated carbocycles. The van der Waals surface area contributed by atoms with Crippen LogP contribution in [0.5, 0.6) is 0 Å². The van der Waals surface area contributed by atoms with Crippen molar-refractivity contribution in [2.24, 2.45) is 5.92 Å². The zero-order valence-electron chi connectivity index (χ0n) is 12.3. The van der Waals surface area contributed by atoms with Crippen LogP contribution in [-0.4, -0.2) is 35.1 Å². The van der Waals surface area contributed by atoms with E-state index in [0.29, 0.717) is 12.8 Å². The zero-order chi connectivity index (χ0) is 17.0. The molecule has 1 aromatic rings. The van der Waals surface area contributed by atoms with E-state index < -0.39 is 29.7 Å². The molecule has 0 radical (unpaired) electrons. The Hall–Kier alpha value is -2.25. The Bertz CT molecular complexity index is 582. The number of carboxylic acid groups (broad SMARTS) is 1. The highest BCUT2D eigenvalue weighted by atomic mass is 19.4. The number of carboxylic acids is 1. The number of carbonyl (C=O) groups is 2. The number of nitrogens with zero attached hydrogens (tertiary/aromatic N) is 1. The second-order valence-corrected chi connectivity index (χ2v) is 5.41. The maximum atomic E-state index is 12.9. The fourth-order valence-corrected chi connectivity index (χ4v) is 2.56. The van der Waals surface area contributed by atoms with E-state index in [1.807, 2.05) is 0 Å². The molecule has 5 nitrogen and oxygen atoms in total. The normalized spacial score (nSPS) is 16.2. The van der Waals surface area contributed by atoms with Gasteiger partial charge >= 0.3 is 18.2 Å². The number of hydrogen-bond acceptors (Lipinski definition) is 2. The predicted molar refractivity (Wildman–Crippen MR) is 75.6 cm³/mol. The van der Waals surface area contributed by atoms with Crippen LogP contribution in [0, 0.1) is 5.92 Å². The van der Waals surface area contributed by atoms with E-state index >= 15 is 0 Å². The maximum absolute atomic E-state index is 12.9. The monoisotopic (exact) mass is 330 g/mol. The van der Waals surface area contributed by atoms with Crippen LogP contribution in [-0.2, 0) is 17.5 Å². The molecule has 0 atom stereocenters. The summed E-state index contributed by atoms with van der Waals surface area (Å²) in [5.74, 6) is -1.35. The van der Waals surface area contributed by atoms with Crippen LogP contribution in [0.25, 0.3) is 0 Å². The van der Waals surface area contributed by atoms with Crippen molar-refractivity contribution in [3.63, 3.8) is 0 Å². The van der Waals surface area contributed by atoms with Crippen molar-refractivity contribution >= 4 is 12.0 Å². The summed E-state index contributed by atoms with van der Waals surface area (Å²) >= 11 is 0. The van der Waals surface area contributed by atoms with Crippen LogP contribution in [0.4, 0.5) is 18.0 Å². The number of urea groups is 1. The molecular weight excluding hydrogens is 313 g/mol. The van der Waals surface area contributed by atoms with Gasteiger partial charge in [-0.15, -0.1) is 0 Å². The zero-order valence-corrected chi connectivity index (χ0v) is 12.3. The van der Waals surface area contributed by atoms with Crippen LogP contribution in [0.2, 0.25) is 0 Å². The summed E-state index contributed by atoms with van der Waals surface area (Å²) in [6.07, 6.45) is -3.77. The van der Waals surface area contributed by atoms with Crippen molar-refractivity contribution in [3.8, 4) is 0 Å². The van der Waals surface area contributed by atoms with Crippen LogP contribution in [0.3, 0.4) is 0 Å². The summed E-state index contributed by atoms with van der Waals surface area (Å²) < 4.78 is 38.6. The first kappa shape index (κ1) is 17.1. The predicted octanol–water partition coefficient (Wildman–Crippen LogP) is 2.71. The highest BCUT2D eigenvalue weighted by Crippen LogP contribution is 2.31. The lowest BCUT2D eigenvalue weighted by Crippen LogP contribution is -2.45. The summed E-state index contributed by atoms with van der Waals surface area (Å²) in [7, 11) is 0. The molecule has 2 rings (SSSR count). The molecule has 0 spiro atoms. The lowest BCUT2D eigenvalue weighted by Gasteiger charge is -2.30. The van der Waals surface area contributed by atoms with Gasteiger partial charge in [-0.05, 0) is 24.5 Å². The third-order valence-corrected chi connectivity index (χ3v) is 3.88. The van der Waals surface area contributed by atoms with Crippen LogP contribution in [0.15, 0.2) is 24.3 Å². The summed E-state index contributed by atoms with van der Waals surface area (Å²) in [5.41, 5.74) is -0.779. The number of likely N-dealkylation sites (tertiary alicyclic amines) is 1. The first-order chi connectivity index (χ1) is 10.8. The highest BCUT2D eigenvalue weighted by molar-refractivity contribution is 5.75. The second-order valence-electron chi connectivity index (χ2n) is 5.41. The first-order valence-electron chi connectivity index (χ1n) is 7.19. The minimum absolute atomic E-state index is 0.00577. The number of benzene rings is 1. The number of rotatable bonds is 3. The molecule has 1 heterocycles. The number of carbonyl (C=O) groups excluding carboxylic acids is 1. The Morgan fingerprint density at radius 3 is 2.39 bits per heavy atom. The van der Waals surface area contributed by atoms with E-state index in [1.165, 1.54) is 23.1 Å². The smallest absolute Gasteiger partial charge is 0.416 e. The fourth-order valence-electron chi connectivity index (χ4n) is 2.56. The molecule has 0 aromatic heterocycles. The molecule has 0 bridgehead atoms. The molecule has 1 aliphatic rings. The van der Waals surface area contributed by atoms with Gasteiger partial charge in [-0.1, -0.05) is 18.2 Å². The van der Waals surface area contributed by atoms with E-state index in [9.17, 15) is 22.8 Å². The lowest BCUT2D eigenvalue weighted by molar-refractivity contribution is -0.143.